The molecule has 7 nitrogen and oxygen atoms in total. The molecule has 194 valence electrons. The number of halogens is 1. The van der Waals surface area contributed by atoms with Crippen molar-refractivity contribution in [2.24, 2.45) is 0 Å². The van der Waals surface area contributed by atoms with Crippen LogP contribution in [0.25, 0.3) is 16.6 Å². The number of carbonyl (C=O) groups excluding carboxylic acids is 1. The summed E-state index contributed by atoms with van der Waals surface area (Å²) in [5.41, 5.74) is 11.8. The average molecular weight is 527 g/mol. The van der Waals surface area contributed by atoms with E-state index in [1.54, 1.807) is 28.9 Å². The maximum atomic E-state index is 13.3. The molecular formula is C30H31ClN6O. The van der Waals surface area contributed by atoms with Crippen LogP contribution in [0, 0.1) is 6.92 Å². The van der Waals surface area contributed by atoms with Crippen LogP contribution in [0.2, 0.25) is 5.02 Å². The molecule has 0 saturated carbocycles. The first-order chi connectivity index (χ1) is 18.4. The number of nitrogens with one attached hydrogen (secondary N) is 3. The topological polar surface area (TPSA) is 101 Å². The molecule has 2 heterocycles. The summed E-state index contributed by atoms with van der Waals surface area (Å²) in [7, 11) is 0. The third-order valence-corrected chi connectivity index (χ3v) is 6.97. The number of aromatic nitrogens is 3. The number of H-pyrrole nitrogens is 1. The number of nitrogens with two attached hydrogens (primary N) is 1. The zero-order chi connectivity index (χ0) is 26.6. The Hall–Kier alpha value is -4.07. The van der Waals surface area contributed by atoms with Gasteiger partial charge in [0, 0.05) is 40.3 Å². The number of ketones is 1. The van der Waals surface area contributed by atoms with Crippen molar-refractivity contribution in [1.82, 2.24) is 20.1 Å². The van der Waals surface area contributed by atoms with Gasteiger partial charge in [-0.15, -0.1) is 0 Å². The molecule has 0 aliphatic rings. The van der Waals surface area contributed by atoms with Gasteiger partial charge < -0.3 is 21.4 Å². The summed E-state index contributed by atoms with van der Waals surface area (Å²) in [6.07, 6.45) is 2.82. The molecule has 5 rings (SSSR count). The van der Waals surface area contributed by atoms with Crippen molar-refractivity contribution in [3.05, 3.63) is 106 Å². The molecule has 0 fully saturated rings. The molecule has 1 atom stereocenters. The average Bonchev–Trinajstić information content (AvgIpc) is 3.53. The maximum Gasteiger partial charge on any atom is 0.215 e. The van der Waals surface area contributed by atoms with Crippen LogP contribution in [0.1, 0.15) is 46.6 Å². The van der Waals surface area contributed by atoms with Gasteiger partial charge in [-0.2, -0.15) is 5.10 Å². The van der Waals surface area contributed by atoms with Crippen LogP contribution >= 0.6 is 11.6 Å². The molecule has 0 saturated heterocycles. The third kappa shape index (κ3) is 5.30. The van der Waals surface area contributed by atoms with Crippen LogP contribution in [0.4, 0.5) is 11.5 Å². The molecule has 8 heteroatoms. The van der Waals surface area contributed by atoms with Gasteiger partial charge in [-0.1, -0.05) is 53.6 Å². The first-order valence-corrected chi connectivity index (χ1v) is 13.1. The Morgan fingerprint density at radius 2 is 1.82 bits per heavy atom. The van der Waals surface area contributed by atoms with E-state index in [0.29, 0.717) is 28.6 Å². The first-order valence-electron chi connectivity index (χ1n) is 12.7. The van der Waals surface area contributed by atoms with Gasteiger partial charge >= 0.3 is 0 Å². The van der Waals surface area contributed by atoms with Crippen LogP contribution in [0.5, 0.6) is 0 Å². The van der Waals surface area contributed by atoms with Crippen LogP contribution < -0.4 is 16.4 Å². The Kier molecular flexibility index (Phi) is 7.49. The van der Waals surface area contributed by atoms with Gasteiger partial charge in [0.15, 0.2) is 11.5 Å². The van der Waals surface area contributed by atoms with Gasteiger partial charge in [-0.3, -0.25) is 4.79 Å². The quantitative estimate of drug-likeness (QED) is 0.127. The lowest BCUT2D eigenvalue weighted by molar-refractivity contribution is 0.103. The summed E-state index contributed by atoms with van der Waals surface area (Å²) in [6, 6.07) is 23.3. The van der Waals surface area contributed by atoms with E-state index < -0.39 is 0 Å². The summed E-state index contributed by atoms with van der Waals surface area (Å²) >= 11 is 6.10. The minimum atomic E-state index is -0.215. The normalized spacial score (nSPS) is 12.1. The number of benzene rings is 3. The molecule has 0 aliphatic heterocycles. The minimum absolute atomic E-state index is 0.206. The lowest BCUT2D eigenvalue weighted by Gasteiger charge is -2.16. The highest BCUT2D eigenvalue weighted by Gasteiger charge is 2.23. The molecule has 5 N–H and O–H groups in total. The predicted octanol–water partition coefficient (Wildman–Crippen LogP) is 6.28. The fraction of sp³-hybridized carbons (Fsp3) is 0.200. The number of anilines is 2. The van der Waals surface area contributed by atoms with Crippen molar-refractivity contribution in [2.75, 3.05) is 24.1 Å². The zero-order valence-corrected chi connectivity index (χ0v) is 22.2. The third-order valence-electron chi connectivity index (χ3n) is 6.71. The van der Waals surface area contributed by atoms with Crippen LogP contribution in [-0.2, 0) is 0 Å². The zero-order valence-electron chi connectivity index (χ0n) is 21.5. The maximum absolute atomic E-state index is 13.3. The summed E-state index contributed by atoms with van der Waals surface area (Å²) in [5.74, 6) is 0.376. The molecule has 2 aromatic heterocycles. The lowest BCUT2D eigenvalue weighted by Crippen LogP contribution is -2.22. The highest BCUT2D eigenvalue weighted by Crippen LogP contribution is 2.29. The van der Waals surface area contributed by atoms with E-state index in [2.05, 4.69) is 51.9 Å². The largest absolute Gasteiger partial charge is 0.394 e. The van der Waals surface area contributed by atoms with Gasteiger partial charge in [-0.05, 0) is 68.8 Å². The predicted molar refractivity (Wildman–Crippen MR) is 155 cm³/mol. The van der Waals surface area contributed by atoms with E-state index in [0.717, 1.165) is 29.7 Å². The van der Waals surface area contributed by atoms with Crippen molar-refractivity contribution < 1.29 is 4.79 Å². The number of nitrogens with zero attached hydrogens (tertiary/aromatic N) is 2. The second-order valence-corrected chi connectivity index (χ2v) is 9.87. The number of nitrogen functional groups attached to an aromatic ring is 1. The molecule has 0 bridgehead atoms. The second kappa shape index (κ2) is 11.1. The number of rotatable bonds is 10. The number of hydrogen-bond donors (Lipinski definition) is 4. The molecular weight excluding hydrogens is 496 g/mol. The number of aromatic amines is 1. The van der Waals surface area contributed by atoms with E-state index in [4.69, 9.17) is 17.3 Å². The van der Waals surface area contributed by atoms with E-state index in [1.165, 1.54) is 10.9 Å². The summed E-state index contributed by atoms with van der Waals surface area (Å²) in [5, 5.41) is 13.5. The molecule has 0 radical (unpaired) electrons. The number of carbonyl (C=O) groups is 1. The summed E-state index contributed by atoms with van der Waals surface area (Å²) in [4.78, 5) is 16.5. The Balaban J connectivity index is 1.30. The lowest BCUT2D eigenvalue weighted by atomic mass is 10.0. The van der Waals surface area contributed by atoms with E-state index in [-0.39, 0.29) is 17.5 Å². The van der Waals surface area contributed by atoms with Gasteiger partial charge in [0.05, 0.1) is 5.69 Å². The molecule has 0 amide bonds. The Morgan fingerprint density at radius 1 is 1.05 bits per heavy atom. The Morgan fingerprint density at radius 3 is 2.58 bits per heavy atom. The van der Waals surface area contributed by atoms with Crippen molar-refractivity contribution in [1.29, 1.82) is 0 Å². The minimum Gasteiger partial charge on any atom is -0.394 e. The van der Waals surface area contributed by atoms with Gasteiger partial charge in [0.2, 0.25) is 5.78 Å². The molecule has 0 spiro atoms. The van der Waals surface area contributed by atoms with Crippen molar-refractivity contribution in [2.45, 2.75) is 26.3 Å². The highest BCUT2D eigenvalue weighted by atomic mass is 35.5. The monoisotopic (exact) mass is 526 g/mol. The number of aryl methyl sites for hydroxylation is 1. The summed E-state index contributed by atoms with van der Waals surface area (Å²) in [6.45, 7) is 5.61. The summed E-state index contributed by atoms with van der Waals surface area (Å²) < 4.78 is 1.68. The fourth-order valence-electron chi connectivity index (χ4n) is 4.59. The fourth-order valence-corrected chi connectivity index (χ4v) is 4.72. The molecule has 3 aromatic carbocycles. The number of hydrogen-bond acceptors (Lipinski definition) is 5. The second-order valence-electron chi connectivity index (χ2n) is 9.44. The molecule has 1 unspecified atom stereocenters. The van der Waals surface area contributed by atoms with E-state index in [1.807, 2.05) is 37.4 Å². The highest BCUT2D eigenvalue weighted by molar-refractivity contribution is 6.30. The van der Waals surface area contributed by atoms with Crippen LogP contribution in [0.3, 0.4) is 0 Å². The van der Waals surface area contributed by atoms with Crippen molar-refractivity contribution in [3.8, 4) is 5.69 Å². The van der Waals surface area contributed by atoms with Crippen LogP contribution in [-0.4, -0.2) is 33.6 Å². The molecule has 38 heavy (non-hydrogen) atoms. The smallest absolute Gasteiger partial charge is 0.215 e. The van der Waals surface area contributed by atoms with Gasteiger partial charge in [0.25, 0.3) is 0 Å². The molecule has 5 aromatic rings. The number of fused-ring (bicyclic) bond motifs is 1. The Labute approximate surface area is 227 Å². The Bertz CT molecular complexity index is 1550. The first kappa shape index (κ1) is 25.6. The SMILES string of the molecule is Cc1ccc(C(=O)c2nn(-c3ccc(Cl)cc3)c(NCCCNC(C)c3cccc4[nH]ccc34)c2N)cc1. The van der Waals surface area contributed by atoms with Crippen LogP contribution in [0.15, 0.2) is 79.0 Å². The van der Waals surface area contributed by atoms with Gasteiger partial charge in [0.1, 0.15) is 5.69 Å². The molecule has 0 aliphatic carbocycles. The van der Waals surface area contributed by atoms with E-state index in [9.17, 15) is 4.79 Å². The van der Waals surface area contributed by atoms with E-state index >= 15 is 0 Å². The van der Waals surface area contributed by atoms with Gasteiger partial charge in [-0.25, -0.2) is 4.68 Å². The standard InChI is InChI=1S/C30H31ClN6O/c1-19-7-9-21(10-8-19)29(38)28-27(32)30(37(36-28)23-13-11-22(31)12-14-23)35-17-4-16-33-20(2)24-5-3-6-26-25(24)15-18-34-26/h3,5-15,18,20,33-35H,4,16-17,32H2,1-2H3. The van der Waals surface area contributed by atoms with Crippen molar-refractivity contribution >= 4 is 39.8 Å². The van der Waals surface area contributed by atoms with Crippen molar-refractivity contribution in [3.63, 3.8) is 0 Å².